The molecule has 176 valence electrons. The third-order valence-corrected chi connectivity index (χ3v) is 9.10. The molecule has 0 spiro atoms. The molecule has 8 nitrogen and oxygen atoms in total. The molecule has 2 N–H and O–H groups in total. The predicted molar refractivity (Wildman–Crippen MR) is 120 cm³/mol. The highest BCUT2D eigenvalue weighted by Crippen LogP contribution is 2.36. The highest BCUT2D eigenvalue weighted by Gasteiger charge is 2.41. The lowest BCUT2D eigenvalue weighted by molar-refractivity contribution is -0.138. The molecule has 1 unspecified atom stereocenters. The fourth-order valence-corrected chi connectivity index (χ4v) is 2.89. The average Bonchev–Trinajstić information content (AvgIpc) is 2.59. The minimum absolute atomic E-state index is 0.146. The Morgan fingerprint density at radius 3 is 1.87 bits per heavy atom. The van der Waals surface area contributed by atoms with Gasteiger partial charge in [-0.3, -0.25) is 4.79 Å². The first-order chi connectivity index (χ1) is 13.7. The summed E-state index contributed by atoms with van der Waals surface area (Å²) < 4.78 is 16.1. The van der Waals surface area contributed by atoms with Crippen molar-refractivity contribution < 1.29 is 28.3 Å². The van der Waals surface area contributed by atoms with Crippen molar-refractivity contribution in [1.82, 2.24) is 10.6 Å². The van der Waals surface area contributed by atoms with Crippen LogP contribution in [0.25, 0.3) is 0 Å². The second-order valence-electron chi connectivity index (χ2n) is 9.93. The van der Waals surface area contributed by atoms with Crippen molar-refractivity contribution in [3.63, 3.8) is 0 Å². The standard InChI is InChI=1S/C21H42N2O6Si/c1-15(2)13-27-19(25)22-12-10-11-17(23-20(26)28-14-16(3)4)18(24)29-30(8,9)21(5,6)7/h15-17H,10-14H2,1-9H3,(H,22,25)(H,23,26). The molecule has 0 rings (SSSR count). The monoisotopic (exact) mass is 446 g/mol. The number of ether oxygens (including phenoxy) is 2. The summed E-state index contributed by atoms with van der Waals surface area (Å²) in [6.45, 7) is 18.8. The van der Waals surface area contributed by atoms with Gasteiger partial charge in [-0.05, 0) is 42.8 Å². The van der Waals surface area contributed by atoms with Crippen LogP contribution in [0.4, 0.5) is 9.59 Å². The second kappa shape index (κ2) is 12.8. The Labute approximate surface area is 182 Å². The quantitative estimate of drug-likeness (QED) is 0.359. The zero-order valence-electron chi connectivity index (χ0n) is 20.2. The molecule has 0 bridgehead atoms. The number of carbonyl (C=O) groups is 3. The van der Waals surface area contributed by atoms with E-state index in [0.29, 0.717) is 26.0 Å². The molecular formula is C21H42N2O6Si. The highest BCUT2D eigenvalue weighted by molar-refractivity contribution is 6.75. The molecular weight excluding hydrogens is 404 g/mol. The summed E-state index contributed by atoms with van der Waals surface area (Å²) in [6, 6.07) is -0.840. The fraction of sp³-hybridized carbons (Fsp3) is 0.857. The molecule has 30 heavy (non-hydrogen) atoms. The van der Waals surface area contributed by atoms with E-state index >= 15 is 0 Å². The van der Waals surface area contributed by atoms with Gasteiger partial charge in [0.15, 0.2) is 0 Å². The van der Waals surface area contributed by atoms with E-state index < -0.39 is 32.5 Å². The van der Waals surface area contributed by atoms with Gasteiger partial charge in [-0.2, -0.15) is 0 Å². The van der Waals surface area contributed by atoms with Gasteiger partial charge in [-0.25, -0.2) is 9.59 Å². The topological polar surface area (TPSA) is 103 Å². The molecule has 0 aliphatic carbocycles. The molecule has 0 fully saturated rings. The molecule has 0 aromatic heterocycles. The first-order valence-electron chi connectivity index (χ1n) is 10.7. The van der Waals surface area contributed by atoms with Crippen molar-refractivity contribution in [2.75, 3.05) is 19.8 Å². The van der Waals surface area contributed by atoms with E-state index in [1.807, 2.05) is 61.6 Å². The Bertz CT molecular complexity index is 558. The van der Waals surface area contributed by atoms with E-state index in [4.69, 9.17) is 13.9 Å². The number of hydrogen-bond acceptors (Lipinski definition) is 6. The van der Waals surface area contributed by atoms with Gasteiger partial charge in [-0.15, -0.1) is 0 Å². The largest absolute Gasteiger partial charge is 0.518 e. The molecule has 0 aromatic rings. The Kier molecular flexibility index (Phi) is 12.1. The molecule has 0 aromatic carbocycles. The van der Waals surface area contributed by atoms with E-state index in [9.17, 15) is 14.4 Å². The predicted octanol–water partition coefficient (Wildman–Crippen LogP) is 4.45. The zero-order valence-corrected chi connectivity index (χ0v) is 21.2. The lowest BCUT2D eigenvalue weighted by Crippen LogP contribution is -2.49. The average molecular weight is 447 g/mol. The molecule has 0 aliphatic heterocycles. The summed E-state index contributed by atoms with van der Waals surface area (Å²) >= 11 is 0. The molecule has 2 amide bonds. The zero-order chi connectivity index (χ0) is 23.5. The third-order valence-electron chi connectivity index (χ3n) is 4.77. The van der Waals surface area contributed by atoms with Crippen molar-refractivity contribution in [2.24, 2.45) is 11.8 Å². The first-order valence-corrected chi connectivity index (χ1v) is 13.6. The maximum Gasteiger partial charge on any atom is 0.407 e. The number of alkyl carbamates (subject to hydrolysis) is 2. The van der Waals surface area contributed by atoms with E-state index in [-0.39, 0.29) is 23.5 Å². The summed E-state index contributed by atoms with van der Waals surface area (Å²) in [4.78, 5) is 36.6. The number of hydrogen-bond donors (Lipinski definition) is 2. The normalized spacial score (nSPS) is 13.0. The number of carbonyl (C=O) groups excluding carboxylic acids is 3. The summed E-state index contributed by atoms with van der Waals surface area (Å²) in [5.74, 6) is -0.0220. The van der Waals surface area contributed by atoms with Crippen molar-refractivity contribution in [2.45, 2.75) is 85.5 Å². The minimum Gasteiger partial charge on any atom is -0.518 e. The first kappa shape index (κ1) is 28.2. The van der Waals surface area contributed by atoms with Crippen molar-refractivity contribution in [1.29, 1.82) is 0 Å². The smallest absolute Gasteiger partial charge is 0.407 e. The molecule has 0 saturated carbocycles. The highest BCUT2D eigenvalue weighted by atomic mass is 28.4. The Hall–Kier alpha value is -1.77. The van der Waals surface area contributed by atoms with Crippen molar-refractivity contribution in [3.8, 4) is 0 Å². The second-order valence-corrected chi connectivity index (χ2v) is 14.7. The summed E-state index contributed by atoms with van der Waals surface area (Å²) in [5.41, 5.74) is 0. The Morgan fingerprint density at radius 2 is 1.40 bits per heavy atom. The summed E-state index contributed by atoms with van der Waals surface area (Å²) in [7, 11) is -2.34. The molecule has 0 aliphatic rings. The Balaban J connectivity index is 4.85. The fourth-order valence-electron chi connectivity index (χ4n) is 1.94. The summed E-state index contributed by atoms with van der Waals surface area (Å²) in [5, 5.41) is 5.12. The van der Waals surface area contributed by atoms with Gasteiger partial charge in [0.05, 0.1) is 13.2 Å². The van der Waals surface area contributed by atoms with Gasteiger partial charge in [-0.1, -0.05) is 48.5 Å². The molecule has 0 heterocycles. The maximum atomic E-state index is 12.8. The lowest BCUT2D eigenvalue weighted by atomic mass is 10.1. The van der Waals surface area contributed by atoms with Crippen LogP contribution in [0.5, 0.6) is 0 Å². The van der Waals surface area contributed by atoms with Crippen LogP contribution in [-0.2, 0) is 18.7 Å². The van der Waals surface area contributed by atoms with Crippen LogP contribution in [-0.4, -0.2) is 52.3 Å². The van der Waals surface area contributed by atoms with Crippen LogP contribution >= 0.6 is 0 Å². The van der Waals surface area contributed by atoms with Crippen LogP contribution < -0.4 is 10.6 Å². The molecule has 9 heteroatoms. The van der Waals surface area contributed by atoms with Gasteiger partial charge >= 0.3 is 18.2 Å². The summed E-state index contributed by atoms with van der Waals surface area (Å²) in [6.07, 6.45) is -0.355. The number of nitrogens with one attached hydrogen (secondary N) is 2. The SMILES string of the molecule is CC(C)COC(=O)NCCCC(NC(=O)OCC(C)C)C(=O)O[Si](C)(C)C(C)(C)C. The third kappa shape index (κ3) is 12.0. The van der Waals surface area contributed by atoms with Crippen LogP contribution in [0.2, 0.25) is 18.1 Å². The Morgan fingerprint density at radius 1 is 0.900 bits per heavy atom. The van der Waals surface area contributed by atoms with Crippen LogP contribution in [0.15, 0.2) is 0 Å². The number of amides is 2. The molecule has 1 atom stereocenters. The van der Waals surface area contributed by atoms with E-state index in [1.165, 1.54) is 0 Å². The van der Waals surface area contributed by atoms with E-state index in [0.717, 1.165) is 0 Å². The lowest BCUT2D eigenvalue weighted by Gasteiger charge is -2.36. The van der Waals surface area contributed by atoms with Crippen LogP contribution in [0, 0.1) is 11.8 Å². The van der Waals surface area contributed by atoms with Gasteiger partial charge in [0.2, 0.25) is 0 Å². The van der Waals surface area contributed by atoms with Crippen LogP contribution in [0.1, 0.15) is 61.3 Å². The van der Waals surface area contributed by atoms with E-state index in [2.05, 4.69) is 10.6 Å². The van der Waals surface area contributed by atoms with Crippen LogP contribution in [0.3, 0.4) is 0 Å². The van der Waals surface area contributed by atoms with Gasteiger partial charge < -0.3 is 24.5 Å². The van der Waals surface area contributed by atoms with Gasteiger partial charge in [0.1, 0.15) is 6.04 Å². The number of rotatable bonds is 11. The van der Waals surface area contributed by atoms with Crippen molar-refractivity contribution in [3.05, 3.63) is 0 Å². The van der Waals surface area contributed by atoms with E-state index in [1.54, 1.807) is 0 Å². The maximum absolute atomic E-state index is 12.8. The van der Waals surface area contributed by atoms with Gasteiger partial charge in [0, 0.05) is 6.54 Å². The minimum atomic E-state index is -2.34. The molecule has 0 saturated heterocycles. The van der Waals surface area contributed by atoms with Gasteiger partial charge in [0.25, 0.3) is 8.32 Å². The van der Waals surface area contributed by atoms with Crippen molar-refractivity contribution >= 4 is 26.5 Å². The molecule has 0 radical (unpaired) electrons.